The molecule has 2 heterocycles. The Morgan fingerprint density at radius 1 is 1.03 bits per heavy atom. The maximum atomic E-state index is 13.7. The van der Waals surface area contributed by atoms with Gasteiger partial charge >= 0.3 is 0 Å². The lowest BCUT2D eigenvalue weighted by Crippen LogP contribution is -2.31. The molecule has 0 saturated carbocycles. The first-order valence-corrected chi connectivity index (χ1v) is 13.5. The van der Waals surface area contributed by atoms with Crippen molar-refractivity contribution >= 4 is 52.5 Å². The fourth-order valence-electron chi connectivity index (χ4n) is 4.36. The lowest BCUT2D eigenvalue weighted by Gasteiger charge is -2.29. The highest BCUT2D eigenvalue weighted by atomic mass is 35.5. The molecular weight excluding hydrogens is 525 g/mol. The number of nitrogens with one attached hydrogen (secondary N) is 2. The first kappa shape index (κ1) is 25.4. The fourth-order valence-corrected chi connectivity index (χ4v) is 5.47. The molecule has 0 spiro atoms. The van der Waals surface area contributed by atoms with E-state index in [-0.39, 0.29) is 5.91 Å². The lowest BCUT2D eigenvalue weighted by atomic mass is 9.95. The van der Waals surface area contributed by atoms with Gasteiger partial charge in [0.15, 0.2) is 0 Å². The van der Waals surface area contributed by atoms with Gasteiger partial charge in [0, 0.05) is 27.2 Å². The minimum Gasteiger partial charge on any atom is -0.328 e. The number of carbonyl (C=O) groups is 1. The number of carbonyl (C=O) groups excluding carboxylic acids is 1. The molecule has 37 heavy (non-hydrogen) atoms. The van der Waals surface area contributed by atoms with E-state index in [1.807, 2.05) is 87.5 Å². The number of anilines is 2. The summed E-state index contributed by atoms with van der Waals surface area (Å²) in [7, 11) is 0. The van der Waals surface area contributed by atoms with Crippen LogP contribution in [0.5, 0.6) is 0 Å². The quantitative estimate of drug-likeness (QED) is 0.245. The van der Waals surface area contributed by atoms with Gasteiger partial charge in [-0.25, -0.2) is 4.68 Å². The van der Waals surface area contributed by atoms with E-state index in [9.17, 15) is 4.79 Å². The van der Waals surface area contributed by atoms with Crippen LogP contribution in [0.1, 0.15) is 35.2 Å². The number of fused-ring (bicyclic) bond motifs is 1. The Bertz CT molecular complexity index is 1510. The van der Waals surface area contributed by atoms with Crippen molar-refractivity contribution in [3.8, 4) is 0 Å². The summed E-state index contributed by atoms with van der Waals surface area (Å²) in [6.07, 6.45) is 0. The van der Waals surface area contributed by atoms with Gasteiger partial charge in [0.25, 0.3) is 5.91 Å². The molecule has 1 atom stereocenters. The summed E-state index contributed by atoms with van der Waals surface area (Å²) < 4.78 is 1.77. The van der Waals surface area contributed by atoms with Gasteiger partial charge in [-0.1, -0.05) is 76.9 Å². The van der Waals surface area contributed by atoms with Gasteiger partial charge in [-0.15, -0.1) is 5.10 Å². The summed E-state index contributed by atoms with van der Waals surface area (Å²) >= 11 is 13.8. The number of rotatable bonds is 6. The van der Waals surface area contributed by atoms with Crippen LogP contribution >= 0.6 is 35.0 Å². The van der Waals surface area contributed by atoms with Gasteiger partial charge in [-0.05, 0) is 67.8 Å². The fraction of sp³-hybridized carbons (Fsp3) is 0.179. The number of halogens is 2. The molecule has 0 aliphatic carbocycles. The van der Waals surface area contributed by atoms with Crippen LogP contribution in [0.15, 0.2) is 83.2 Å². The van der Waals surface area contributed by atoms with Crippen LogP contribution in [0.2, 0.25) is 10.0 Å². The van der Waals surface area contributed by atoms with Crippen molar-refractivity contribution in [2.75, 3.05) is 10.6 Å². The highest BCUT2D eigenvalue weighted by molar-refractivity contribution is 7.98. The topological polar surface area (TPSA) is 71.8 Å². The van der Waals surface area contributed by atoms with Crippen LogP contribution < -0.4 is 10.6 Å². The second-order valence-electron chi connectivity index (χ2n) is 8.97. The molecule has 3 aromatic carbocycles. The monoisotopic (exact) mass is 549 g/mol. The standard InChI is InChI=1S/C28H25Cl2N5OS/c1-16-7-12-23(17(2)13-16)32-26(36)24-18(3)31-27-33-28(37-15-19-5-4-6-22(30)14-19)34-35(27)25(24)20-8-10-21(29)11-9-20/h4-14,25H,15H2,1-3H3,(H,32,36)(H,31,33,34). The van der Waals surface area contributed by atoms with Gasteiger partial charge in [0.2, 0.25) is 11.1 Å². The third-order valence-electron chi connectivity index (χ3n) is 6.15. The van der Waals surface area contributed by atoms with E-state index in [0.29, 0.717) is 38.2 Å². The van der Waals surface area contributed by atoms with Crippen molar-refractivity contribution in [1.29, 1.82) is 0 Å². The van der Waals surface area contributed by atoms with Crippen LogP contribution in [-0.2, 0) is 10.5 Å². The molecule has 188 valence electrons. The SMILES string of the molecule is CC1=C(C(=O)Nc2ccc(C)cc2C)C(c2ccc(Cl)cc2)n2nc(SCc3cccc(Cl)c3)nc2N1. The number of aromatic nitrogens is 3. The highest BCUT2D eigenvalue weighted by Gasteiger charge is 2.34. The van der Waals surface area contributed by atoms with E-state index in [1.54, 1.807) is 4.68 Å². The van der Waals surface area contributed by atoms with E-state index in [0.717, 1.165) is 27.9 Å². The average molecular weight is 551 g/mol. The maximum absolute atomic E-state index is 13.7. The Labute approximate surface area is 230 Å². The molecule has 2 N–H and O–H groups in total. The number of nitrogens with zero attached hydrogens (tertiary/aromatic N) is 3. The zero-order chi connectivity index (χ0) is 26.1. The Kier molecular flexibility index (Phi) is 7.29. The molecule has 0 fully saturated rings. The number of allylic oxidation sites excluding steroid dienone is 1. The summed E-state index contributed by atoms with van der Waals surface area (Å²) in [4.78, 5) is 18.4. The van der Waals surface area contributed by atoms with Crippen LogP contribution in [0.25, 0.3) is 0 Å². The first-order chi connectivity index (χ1) is 17.8. The Hall–Kier alpha value is -3.26. The molecule has 0 saturated heterocycles. The lowest BCUT2D eigenvalue weighted by molar-refractivity contribution is -0.113. The van der Waals surface area contributed by atoms with Gasteiger partial charge in [-0.3, -0.25) is 4.79 Å². The zero-order valence-corrected chi connectivity index (χ0v) is 22.9. The van der Waals surface area contributed by atoms with Crippen LogP contribution in [0.4, 0.5) is 11.6 Å². The molecular formula is C28H25Cl2N5OS. The third kappa shape index (κ3) is 5.54. The Morgan fingerprint density at radius 3 is 2.54 bits per heavy atom. The van der Waals surface area contributed by atoms with Crippen LogP contribution in [0.3, 0.4) is 0 Å². The van der Waals surface area contributed by atoms with Gasteiger partial charge in [0.05, 0.1) is 5.57 Å². The zero-order valence-electron chi connectivity index (χ0n) is 20.5. The predicted octanol–water partition coefficient (Wildman–Crippen LogP) is 7.42. The number of hydrogen-bond donors (Lipinski definition) is 2. The largest absolute Gasteiger partial charge is 0.328 e. The first-order valence-electron chi connectivity index (χ1n) is 11.7. The normalized spacial score (nSPS) is 14.8. The van der Waals surface area contributed by atoms with Gasteiger partial charge in [-0.2, -0.15) is 4.98 Å². The van der Waals surface area contributed by atoms with Gasteiger partial charge < -0.3 is 10.6 Å². The van der Waals surface area contributed by atoms with Gasteiger partial charge in [0.1, 0.15) is 6.04 Å². The number of amides is 1. The van der Waals surface area contributed by atoms with Crippen molar-refractivity contribution in [2.45, 2.75) is 37.7 Å². The minimum atomic E-state index is -0.479. The van der Waals surface area contributed by atoms with E-state index >= 15 is 0 Å². The van der Waals surface area contributed by atoms with Crippen molar-refractivity contribution in [3.05, 3.63) is 110 Å². The van der Waals surface area contributed by atoms with Crippen molar-refractivity contribution in [3.63, 3.8) is 0 Å². The molecule has 9 heteroatoms. The summed E-state index contributed by atoms with van der Waals surface area (Å²) in [5.41, 5.74) is 6.15. The molecule has 0 bridgehead atoms. The smallest absolute Gasteiger partial charge is 0.255 e. The van der Waals surface area contributed by atoms with E-state index in [4.69, 9.17) is 33.3 Å². The van der Waals surface area contributed by atoms with Crippen molar-refractivity contribution < 1.29 is 4.79 Å². The molecule has 1 aliphatic rings. The highest BCUT2D eigenvalue weighted by Crippen LogP contribution is 2.37. The average Bonchev–Trinajstić information content (AvgIpc) is 3.26. The summed E-state index contributed by atoms with van der Waals surface area (Å²) in [6.45, 7) is 5.90. The Balaban J connectivity index is 1.49. The van der Waals surface area contributed by atoms with Crippen molar-refractivity contribution in [1.82, 2.24) is 14.8 Å². The minimum absolute atomic E-state index is 0.203. The molecule has 0 radical (unpaired) electrons. The van der Waals surface area contributed by atoms with E-state index in [1.165, 1.54) is 11.8 Å². The molecule has 5 rings (SSSR count). The molecule has 1 unspecified atom stereocenters. The summed E-state index contributed by atoms with van der Waals surface area (Å²) in [5, 5.41) is 13.1. The number of benzene rings is 3. The van der Waals surface area contributed by atoms with Crippen molar-refractivity contribution in [2.24, 2.45) is 0 Å². The maximum Gasteiger partial charge on any atom is 0.255 e. The number of thioether (sulfide) groups is 1. The van der Waals surface area contributed by atoms with Crippen LogP contribution in [0, 0.1) is 13.8 Å². The number of hydrogen-bond acceptors (Lipinski definition) is 5. The Morgan fingerprint density at radius 2 is 1.81 bits per heavy atom. The summed E-state index contributed by atoms with van der Waals surface area (Å²) in [6, 6.07) is 20.7. The molecule has 1 amide bonds. The van der Waals surface area contributed by atoms with Crippen LogP contribution in [-0.4, -0.2) is 20.7 Å². The second-order valence-corrected chi connectivity index (χ2v) is 10.8. The molecule has 1 aromatic heterocycles. The second kappa shape index (κ2) is 10.6. The third-order valence-corrected chi connectivity index (χ3v) is 7.55. The summed E-state index contributed by atoms with van der Waals surface area (Å²) in [5.74, 6) is 1.04. The predicted molar refractivity (Wildman–Crippen MR) is 151 cm³/mol. The molecule has 6 nitrogen and oxygen atoms in total. The molecule has 1 aliphatic heterocycles. The van der Waals surface area contributed by atoms with E-state index < -0.39 is 6.04 Å². The van der Waals surface area contributed by atoms with E-state index in [2.05, 4.69) is 10.6 Å². The number of aryl methyl sites for hydroxylation is 2. The molecule has 4 aromatic rings.